The van der Waals surface area contributed by atoms with Crippen LogP contribution >= 0.6 is 0 Å². The van der Waals surface area contributed by atoms with Gasteiger partial charge in [0.15, 0.2) is 6.04 Å². The number of aromatic nitrogens is 3. The van der Waals surface area contributed by atoms with Gasteiger partial charge in [-0.05, 0) is 57.2 Å². The fourth-order valence-corrected chi connectivity index (χ4v) is 4.42. The molecule has 0 bridgehead atoms. The van der Waals surface area contributed by atoms with E-state index < -0.39 is 12.0 Å². The summed E-state index contributed by atoms with van der Waals surface area (Å²) < 4.78 is 12.8. The summed E-state index contributed by atoms with van der Waals surface area (Å²) >= 11 is 0. The number of aryl methyl sites for hydroxylation is 2. The third-order valence-electron chi connectivity index (χ3n) is 5.93. The Labute approximate surface area is 168 Å². The highest BCUT2D eigenvalue weighted by molar-refractivity contribution is 5.85. The lowest BCUT2D eigenvalue weighted by Crippen LogP contribution is -2.29. The molecule has 1 aliphatic carbocycles. The van der Waals surface area contributed by atoms with E-state index in [1.807, 2.05) is 36.6 Å². The highest BCUT2D eigenvalue weighted by Crippen LogP contribution is 2.36. The van der Waals surface area contributed by atoms with Gasteiger partial charge in [0.05, 0.1) is 22.8 Å². The molecule has 0 saturated heterocycles. The molecule has 1 unspecified atom stereocenters. The Kier molecular flexibility index (Phi) is 5.14. The summed E-state index contributed by atoms with van der Waals surface area (Å²) in [5.41, 5.74) is 10.3. The second-order valence-corrected chi connectivity index (χ2v) is 7.72. The Morgan fingerprint density at radius 2 is 2.03 bits per heavy atom. The molecule has 1 aliphatic rings. The predicted molar refractivity (Wildman–Crippen MR) is 108 cm³/mol. The first-order chi connectivity index (χ1) is 13.9. The number of aliphatic carboxylic acids is 1. The number of methoxy groups -OCH3 is 1. The monoisotopic (exact) mass is 398 g/mol. The Morgan fingerprint density at radius 1 is 1.31 bits per heavy atom. The molecule has 0 aliphatic heterocycles. The summed E-state index contributed by atoms with van der Waals surface area (Å²) in [5, 5.41) is 13.5. The van der Waals surface area contributed by atoms with Gasteiger partial charge in [-0.2, -0.15) is 0 Å². The van der Waals surface area contributed by atoms with E-state index in [0.29, 0.717) is 5.82 Å². The summed E-state index contributed by atoms with van der Waals surface area (Å²) in [6, 6.07) is 4.92. The quantitative estimate of drug-likeness (QED) is 0.675. The molecule has 2 aromatic heterocycles. The molecule has 1 fully saturated rings. The minimum atomic E-state index is -1.18. The minimum Gasteiger partial charge on any atom is -0.480 e. The molecular weight excluding hydrogens is 372 g/mol. The molecule has 29 heavy (non-hydrogen) atoms. The smallest absolute Gasteiger partial charge is 0.328 e. The van der Waals surface area contributed by atoms with Crippen LogP contribution in [-0.2, 0) is 9.53 Å². The number of rotatable bonds is 5. The number of carboxylic acid groups (broad SMARTS) is 1. The molecule has 0 radical (unpaired) electrons. The van der Waals surface area contributed by atoms with Gasteiger partial charge in [-0.15, -0.1) is 0 Å². The predicted octanol–water partition coefficient (Wildman–Crippen LogP) is 3.52. The molecule has 1 aromatic carbocycles. The van der Waals surface area contributed by atoms with Crippen LogP contribution in [0.25, 0.3) is 22.2 Å². The van der Waals surface area contributed by atoms with Crippen LogP contribution < -0.4 is 5.73 Å². The topological polar surface area (TPSA) is 116 Å². The third kappa shape index (κ3) is 3.42. The maximum atomic E-state index is 11.6. The van der Waals surface area contributed by atoms with Crippen molar-refractivity contribution in [2.75, 3.05) is 7.11 Å². The zero-order chi connectivity index (χ0) is 20.7. The molecule has 3 N–H and O–H groups in total. The molecule has 1 saturated carbocycles. The van der Waals surface area contributed by atoms with Crippen molar-refractivity contribution in [1.29, 1.82) is 0 Å². The average molecular weight is 398 g/mol. The fraction of sp³-hybridized carbons (Fsp3) is 0.476. The molecule has 0 amide bonds. The zero-order valence-electron chi connectivity index (χ0n) is 16.9. The van der Waals surface area contributed by atoms with Gasteiger partial charge in [0.25, 0.3) is 0 Å². The van der Waals surface area contributed by atoms with Crippen molar-refractivity contribution in [3.05, 3.63) is 35.5 Å². The standard InChI is InChI=1S/C21H26N4O4/c1-11-18(12(2)29-24-11)13-4-9-17-16(10-13)23-20(19(22)21(26)27)25(17)14-5-7-15(28-3)8-6-14/h4,9-10,14-15,19H,5-8,22H2,1-3H3,(H,26,27). The minimum absolute atomic E-state index is 0.150. The summed E-state index contributed by atoms with van der Waals surface area (Å²) in [4.78, 5) is 16.3. The van der Waals surface area contributed by atoms with Crippen molar-refractivity contribution in [1.82, 2.24) is 14.7 Å². The van der Waals surface area contributed by atoms with E-state index in [9.17, 15) is 9.90 Å². The Bertz CT molecular complexity index is 1030. The lowest BCUT2D eigenvalue weighted by Gasteiger charge is -2.30. The number of benzene rings is 1. The van der Waals surface area contributed by atoms with Gasteiger partial charge in [0.2, 0.25) is 0 Å². The first-order valence-corrected chi connectivity index (χ1v) is 9.87. The van der Waals surface area contributed by atoms with Crippen molar-refractivity contribution in [2.24, 2.45) is 5.73 Å². The van der Waals surface area contributed by atoms with Crippen molar-refractivity contribution in [2.45, 2.75) is 57.7 Å². The molecule has 1 atom stereocenters. The maximum Gasteiger partial charge on any atom is 0.328 e. The Balaban J connectivity index is 1.82. The van der Waals surface area contributed by atoms with Crippen LogP contribution in [0, 0.1) is 13.8 Å². The SMILES string of the molecule is COC1CCC(n2c(C(N)C(=O)O)nc3cc(-c4c(C)noc4C)ccc32)CC1. The van der Waals surface area contributed by atoms with Crippen LogP contribution in [0.1, 0.15) is 55.0 Å². The first kappa shape index (κ1) is 19.6. The highest BCUT2D eigenvalue weighted by atomic mass is 16.5. The van der Waals surface area contributed by atoms with E-state index in [-0.39, 0.29) is 12.1 Å². The number of nitrogens with two attached hydrogens (primary N) is 1. The summed E-state index contributed by atoms with van der Waals surface area (Å²) in [6.07, 6.45) is 3.91. The van der Waals surface area contributed by atoms with Gasteiger partial charge in [0.1, 0.15) is 11.6 Å². The van der Waals surface area contributed by atoms with Crippen LogP contribution in [0.5, 0.6) is 0 Å². The average Bonchev–Trinajstić information content (AvgIpc) is 3.26. The van der Waals surface area contributed by atoms with Crippen LogP contribution in [-0.4, -0.2) is 39.0 Å². The van der Waals surface area contributed by atoms with Crippen LogP contribution in [0.3, 0.4) is 0 Å². The summed E-state index contributed by atoms with van der Waals surface area (Å²) in [7, 11) is 1.74. The molecule has 2 heterocycles. The number of nitrogens with zero attached hydrogens (tertiary/aromatic N) is 3. The Hall–Kier alpha value is -2.71. The third-order valence-corrected chi connectivity index (χ3v) is 5.93. The molecule has 3 aromatic rings. The zero-order valence-corrected chi connectivity index (χ0v) is 16.9. The van der Waals surface area contributed by atoms with Gasteiger partial charge in [-0.25, -0.2) is 4.98 Å². The molecular formula is C21H26N4O4. The lowest BCUT2D eigenvalue weighted by molar-refractivity contribution is -0.138. The van der Waals surface area contributed by atoms with Gasteiger partial charge >= 0.3 is 5.97 Å². The van der Waals surface area contributed by atoms with Crippen molar-refractivity contribution < 1.29 is 19.2 Å². The number of ether oxygens (including phenoxy) is 1. The van der Waals surface area contributed by atoms with E-state index >= 15 is 0 Å². The second-order valence-electron chi connectivity index (χ2n) is 7.72. The van der Waals surface area contributed by atoms with Crippen LogP contribution in [0.4, 0.5) is 0 Å². The van der Waals surface area contributed by atoms with E-state index in [2.05, 4.69) is 10.1 Å². The van der Waals surface area contributed by atoms with Gasteiger partial charge < -0.3 is 24.7 Å². The molecule has 0 spiro atoms. The number of carbonyl (C=O) groups is 1. The van der Waals surface area contributed by atoms with Crippen LogP contribution in [0.2, 0.25) is 0 Å². The van der Waals surface area contributed by atoms with Crippen LogP contribution in [0.15, 0.2) is 22.7 Å². The van der Waals surface area contributed by atoms with E-state index in [1.54, 1.807) is 7.11 Å². The molecule has 154 valence electrons. The largest absolute Gasteiger partial charge is 0.480 e. The fourth-order valence-electron chi connectivity index (χ4n) is 4.42. The van der Waals surface area contributed by atoms with E-state index in [0.717, 1.165) is 59.3 Å². The molecule has 4 rings (SSSR count). The van der Waals surface area contributed by atoms with Crippen molar-refractivity contribution in [3.8, 4) is 11.1 Å². The van der Waals surface area contributed by atoms with Crippen molar-refractivity contribution in [3.63, 3.8) is 0 Å². The van der Waals surface area contributed by atoms with Gasteiger partial charge in [-0.3, -0.25) is 4.79 Å². The number of hydrogen-bond acceptors (Lipinski definition) is 6. The number of carboxylic acids is 1. The second kappa shape index (κ2) is 7.61. The number of hydrogen-bond donors (Lipinski definition) is 2. The van der Waals surface area contributed by atoms with Crippen molar-refractivity contribution >= 4 is 17.0 Å². The Morgan fingerprint density at radius 3 is 2.62 bits per heavy atom. The maximum absolute atomic E-state index is 11.6. The number of imidazole rings is 1. The first-order valence-electron chi connectivity index (χ1n) is 9.87. The molecule has 8 nitrogen and oxygen atoms in total. The molecule has 8 heteroatoms. The normalized spacial score (nSPS) is 20.8. The van der Waals surface area contributed by atoms with E-state index in [4.69, 9.17) is 15.0 Å². The lowest BCUT2D eigenvalue weighted by atomic mass is 9.92. The number of fused-ring (bicyclic) bond motifs is 1. The highest BCUT2D eigenvalue weighted by Gasteiger charge is 2.30. The summed E-state index contributed by atoms with van der Waals surface area (Å²) in [5.74, 6) is 0.0454. The van der Waals surface area contributed by atoms with Gasteiger partial charge in [-0.1, -0.05) is 11.2 Å². The van der Waals surface area contributed by atoms with E-state index in [1.165, 1.54) is 0 Å². The summed E-state index contributed by atoms with van der Waals surface area (Å²) in [6.45, 7) is 3.77. The van der Waals surface area contributed by atoms with Gasteiger partial charge in [0, 0.05) is 18.7 Å².